The van der Waals surface area contributed by atoms with Gasteiger partial charge in [-0.3, -0.25) is 4.79 Å². The third-order valence-corrected chi connectivity index (χ3v) is 5.77. The second-order valence-corrected chi connectivity index (χ2v) is 8.56. The molecule has 0 atom stereocenters. The van der Waals surface area contributed by atoms with E-state index in [-0.39, 0.29) is 16.6 Å². The zero-order valence-corrected chi connectivity index (χ0v) is 12.9. The molecule has 0 saturated carbocycles. The monoisotopic (exact) mass is 285 g/mol. The van der Waals surface area contributed by atoms with Gasteiger partial charge < -0.3 is 5.11 Å². The van der Waals surface area contributed by atoms with Crippen LogP contribution in [0, 0.1) is 5.41 Å². The van der Waals surface area contributed by atoms with E-state index >= 15 is 0 Å². The van der Waals surface area contributed by atoms with Crippen molar-refractivity contribution < 1.29 is 9.90 Å². The molecule has 1 aliphatic carbocycles. The number of aromatic nitrogens is 1. The summed E-state index contributed by atoms with van der Waals surface area (Å²) in [6, 6.07) is 0. The number of hydrogen-bond donors (Lipinski definition) is 1. The Morgan fingerprint density at radius 2 is 2.11 bits per heavy atom. The second kappa shape index (κ2) is 4.53. The van der Waals surface area contributed by atoms with E-state index < -0.39 is 5.97 Å². The molecule has 2 rings (SSSR count). The molecule has 0 unspecified atom stereocenters. The molecule has 1 N–H and O–H groups in total. The van der Waals surface area contributed by atoms with Gasteiger partial charge in [0.25, 0.3) is 0 Å². The van der Waals surface area contributed by atoms with Gasteiger partial charge in [0.1, 0.15) is 0 Å². The van der Waals surface area contributed by atoms with Gasteiger partial charge in [0.15, 0.2) is 4.34 Å². The van der Waals surface area contributed by atoms with Gasteiger partial charge in [0.2, 0.25) is 0 Å². The van der Waals surface area contributed by atoms with Crippen molar-refractivity contribution in [2.24, 2.45) is 5.41 Å². The SMILES string of the molecule is CC1(C)Cc2nc(SCC(=O)O)sc2C(C)(C)C1. The summed E-state index contributed by atoms with van der Waals surface area (Å²) in [4.78, 5) is 16.6. The Morgan fingerprint density at radius 3 is 2.72 bits per heavy atom. The highest BCUT2D eigenvalue weighted by Gasteiger charge is 2.39. The number of thiazole rings is 1. The van der Waals surface area contributed by atoms with E-state index in [2.05, 4.69) is 32.7 Å². The van der Waals surface area contributed by atoms with Crippen molar-refractivity contribution in [3.05, 3.63) is 10.6 Å². The van der Waals surface area contributed by atoms with Crippen molar-refractivity contribution in [3.63, 3.8) is 0 Å². The molecule has 0 amide bonds. The molecular formula is C13H19NO2S2. The Labute approximate surface area is 116 Å². The van der Waals surface area contributed by atoms with Crippen molar-refractivity contribution in [3.8, 4) is 0 Å². The first kappa shape index (κ1) is 13.9. The van der Waals surface area contributed by atoms with Crippen LogP contribution >= 0.6 is 23.1 Å². The molecule has 18 heavy (non-hydrogen) atoms. The summed E-state index contributed by atoms with van der Waals surface area (Å²) in [6.07, 6.45) is 2.15. The van der Waals surface area contributed by atoms with Gasteiger partial charge in [0.05, 0.1) is 11.4 Å². The fourth-order valence-electron chi connectivity index (χ4n) is 2.96. The van der Waals surface area contributed by atoms with Crippen LogP contribution in [0.4, 0.5) is 0 Å². The molecular weight excluding hydrogens is 266 g/mol. The second-order valence-electron chi connectivity index (χ2n) is 6.34. The van der Waals surface area contributed by atoms with Crippen LogP contribution in [0.1, 0.15) is 44.7 Å². The largest absolute Gasteiger partial charge is 0.481 e. The van der Waals surface area contributed by atoms with Gasteiger partial charge in [-0.05, 0) is 18.3 Å². The van der Waals surface area contributed by atoms with Crippen molar-refractivity contribution >= 4 is 29.1 Å². The molecule has 1 aromatic rings. The summed E-state index contributed by atoms with van der Waals surface area (Å²) in [5.41, 5.74) is 1.60. The fraction of sp³-hybridized carbons (Fsp3) is 0.692. The van der Waals surface area contributed by atoms with Crippen LogP contribution in [0.5, 0.6) is 0 Å². The molecule has 0 bridgehead atoms. The van der Waals surface area contributed by atoms with Crippen LogP contribution in [-0.4, -0.2) is 21.8 Å². The first-order valence-corrected chi connectivity index (χ1v) is 7.85. The lowest BCUT2D eigenvalue weighted by Crippen LogP contribution is -2.33. The maximum absolute atomic E-state index is 10.6. The molecule has 0 saturated heterocycles. The number of fused-ring (bicyclic) bond motifs is 1. The Bertz CT molecular complexity index is 477. The van der Waals surface area contributed by atoms with E-state index in [0.29, 0.717) is 0 Å². The zero-order chi connectivity index (χ0) is 13.6. The molecule has 0 fully saturated rings. The predicted octanol–water partition coefficient (Wildman–Crippen LogP) is 3.57. The third-order valence-electron chi connectivity index (χ3n) is 3.18. The Kier molecular flexibility index (Phi) is 3.49. The van der Waals surface area contributed by atoms with Crippen LogP contribution < -0.4 is 0 Å². The molecule has 1 aromatic heterocycles. The topological polar surface area (TPSA) is 50.2 Å². The molecule has 0 aliphatic heterocycles. The summed E-state index contributed by atoms with van der Waals surface area (Å²) in [5.74, 6) is -0.691. The number of nitrogens with zero attached hydrogens (tertiary/aromatic N) is 1. The summed E-state index contributed by atoms with van der Waals surface area (Å²) in [5, 5.41) is 8.72. The zero-order valence-electron chi connectivity index (χ0n) is 11.2. The highest BCUT2D eigenvalue weighted by Crippen LogP contribution is 2.48. The van der Waals surface area contributed by atoms with Gasteiger partial charge in [-0.1, -0.05) is 39.5 Å². The van der Waals surface area contributed by atoms with Gasteiger partial charge in [-0.2, -0.15) is 0 Å². The Balaban J connectivity index is 2.27. The van der Waals surface area contributed by atoms with E-state index in [4.69, 9.17) is 5.11 Å². The number of aliphatic carboxylic acids is 1. The highest BCUT2D eigenvalue weighted by atomic mass is 32.2. The minimum Gasteiger partial charge on any atom is -0.481 e. The summed E-state index contributed by atoms with van der Waals surface area (Å²) >= 11 is 3.00. The van der Waals surface area contributed by atoms with Crippen molar-refractivity contribution in [2.45, 2.75) is 50.3 Å². The van der Waals surface area contributed by atoms with Crippen LogP contribution in [0.2, 0.25) is 0 Å². The number of thioether (sulfide) groups is 1. The maximum atomic E-state index is 10.6. The Morgan fingerprint density at radius 1 is 1.44 bits per heavy atom. The van der Waals surface area contributed by atoms with Gasteiger partial charge >= 0.3 is 5.97 Å². The maximum Gasteiger partial charge on any atom is 0.313 e. The van der Waals surface area contributed by atoms with Crippen LogP contribution in [0.15, 0.2) is 4.34 Å². The number of hydrogen-bond acceptors (Lipinski definition) is 4. The molecule has 0 aromatic carbocycles. The first-order valence-electron chi connectivity index (χ1n) is 6.04. The van der Waals surface area contributed by atoms with E-state index in [1.165, 1.54) is 22.3 Å². The molecule has 5 heteroatoms. The molecule has 1 aliphatic rings. The van der Waals surface area contributed by atoms with Gasteiger partial charge in [-0.25, -0.2) is 4.98 Å². The summed E-state index contributed by atoms with van der Waals surface area (Å²) < 4.78 is 0.896. The average Bonchev–Trinajstić information content (AvgIpc) is 2.55. The minimum absolute atomic E-state index is 0.0935. The predicted molar refractivity (Wildman–Crippen MR) is 75.6 cm³/mol. The minimum atomic E-state index is -0.784. The van der Waals surface area contributed by atoms with Crippen LogP contribution in [-0.2, 0) is 16.6 Å². The normalized spacial score (nSPS) is 20.4. The lowest BCUT2D eigenvalue weighted by Gasteiger charge is -2.39. The number of carboxylic acids is 1. The van der Waals surface area contributed by atoms with Crippen molar-refractivity contribution in [2.75, 3.05) is 5.75 Å². The summed E-state index contributed by atoms with van der Waals surface area (Å²) in [6.45, 7) is 9.08. The summed E-state index contributed by atoms with van der Waals surface area (Å²) in [7, 11) is 0. The highest BCUT2D eigenvalue weighted by molar-refractivity contribution is 8.01. The fourth-order valence-corrected chi connectivity index (χ4v) is 4.95. The number of carbonyl (C=O) groups is 1. The average molecular weight is 285 g/mol. The third kappa shape index (κ3) is 2.88. The quantitative estimate of drug-likeness (QED) is 0.863. The number of rotatable bonds is 3. The standard InChI is InChI=1S/C13H19NO2S2/c1-12(2)5-8-10(13(3,4)7-12)18-11(14-8)17-6-9(15)16/h5-7H2,1-4H3,(H,15,16). The van der Waals surface area contributed by atoms with Gasteiger partial charge in [0, 0.05) is 10.3 Å². The van der Waals surface area contributed by atoms with Crippen LogP contribution in [0.25, 0.3) is 0 Å². The van der Waals surface area contributed by atoms with E-state index in [9.17, 15) is 4.79 Å². The van der Waals surface area contributed by atoms with E-state index in [1.54, 1.807) is 11.3 Å². The molecule has 0 spiro atoms. The molecule has 3 nitrogen and oxygen atoms in total. The molecule has 0 radical (unpaired) electrons. The number of carboxylic acid groups (broad SMARTS) is 1. The smallest absolute Gasteiger partial charge is 0.313 e. The van der Waals surface area contributed by atoms with Gasteiger partial charge in [-0.15, -0.1) is 11.3 Å². The lowest BCUT2D eigenvalue weighted by molar-refractivity contribution is -0.133. The van der Waals surface area contributed by atoms with Crippen molar-refractivity contribution in [1.29, 1.82) is 0 Å². The first-order chi connectivity index (χ1) is 8.20. The lowest BCUT2D eigenvalue weighted by atomic mass is 9.67. The molecule has 1 heterocycles. The van der Waals surface area contributed by atoms with E-state index in [1.807, 2.05) is 0 Å². The Hall–Kier alpha value is -0.550. The van der Waals surface area contributed by atoms with Crippen molar-refractivity contribution in [1.82, 2.24) is 4.98 Å². The van der Waals surface area contributed by atoms with Crippen LogP contribution in [0.3, 0.4) is 0 Å². The molecule has 100 valence electrons. The van der Waals surface area contributed by atoms with E-state index in [0.717, 1.165) is 17.2 Å².